The molecule has 2 nitrogen and oxygen atoms in total. The van der Waals surface area contributed by atoms with Gasteiger partial charge in [-0.3, -0.25) is 0 Å². The molecule has 90 valence electrons. The van der Waals surface area contributed by atoms with Crippen molar-refractivity contribution in [1.29, 1.82) is 0 Å². The van der Waals surface area contributed by atoms with Crippen LogP contribution >= 0.6 is 11.8 Å². The number of nitrogens with one attached hydrogen (secondary N) is 1. The number of hydrogen-bond donors (Lipinski definition) is 1. The first-order valence-corrected chi connectivity index (χ1v) is 7.55. The zero-order valence-electron chi connectivity index (χ0n) is 10.3. The van der Waals surface area contributed by atoms with Crippen LogP contribution in [0.5, 0.6) is 0 Å². The third kappa shape index (κ3) is 5.79. The Labute approximate surface area is 99.2 Å². The van der Waals surface area contributed by atoms with Crippen molar-refractivity contribution in [3.05, 3.63) is 0 Å². The minimum Gasteiger partial charge on any atom is -0.313 e. The van der Waals surface area contributed by atoms with E-state index in [1.807, 2.05) is 11.8 Å². The third-order valence-electron chi connectivity index (χ3n) is 3.06. The number of likely N-dealkylation sites (tertiary alicyclic amines) is 1. The second-order valence-corrected chi connectivity index (χ2v) is 5.63. The molecular weight excluding hydrogens is 204 g/mol. The molecule has 0 aromatic carbocycles. The molecule has 0 radical (unpaired) electrons. The van der Waals surface area contributed by atoms with E-state index in [1.54, 1.807) is 0 Å². The summed E-state index contributed by atoms with van der Waals surface area (Å²) < 4.78 is 0. The maximum Gasteiger partial charge on any atom is 0.0195 e. The second kappa shape index (κ2) is 8.43. The number of thioether (sulfide) groups is 1. The van der Waals surface area contributed by atoms with Crippen molar-refractivity contribution in [3.63, 3.8) is 0 Å². The standard InChI is InChI=1S/C12H26N2S/c1-3-14-9-5-7-12(11-14)13-8-6-10-15-4-2/h12-13H,3-11H2,1-2H3. The zero-order valence-corrected chi connectivity index (χ0v) is 11.1. The van der Waals surface area contributed by atoms with Gasteiger partial charge in [-0.15, -0.1) is 0 Å². The Bertz CT molecular complexity index is 153. The molecule has 3 heteroatoms. The smallest absolute Gasteiger partial charge is 0.0195 e. The molecule has 15 heavy (non-hydrogen) atoms. The molecule has 0 amide bonds. The number of piperidine rings is 1. The van der Waals surface area contributed by atoms with E-state index in [1.165, 1.54) is 56.9 Å². The average molecular weight is 230 g/mol. The molecule has 1 aliphatic heterocycles. The number of likely N-dealkylation sites (N-methyl/N-ethyl adjacent to an activating group) is 1. The maximum atomic E-state index is 3.69. The van der Waals surface area contributed by atoms with Crippen LogP contribution in [0.15, 0.2) is 0 Å². The highest BCUT2D eigenvalue weighted by molar-refractivity contribution is 7.99. The topological polar surface area (TPSA) is 15.3 Å². The Kier molecular flexibility index (Phi) is 7.49. The number of hydrogen-bond acceptors (Lipinski definition) is 3. The van der Waals surface area contributed by atoms with Gasteiger partial charge in [0.25, 0.3) is 0 Å². The Morgan fingerprint density at radius 2 is 2.27 bits per heavy atom. The lowest BCUT2D eigenvalue weighted by Crippen LogP contribution is -2.45. The quantitative estimate of drug-likeness (QED) is 0.675. The fourth-order valence-corrected chi connectivity index (χ4v) is 2.77. The van der Waals surface area contributed by atoms with E-state index in [4.69, 9.17) is 0 Å². The molecule has 0 aromatic rings. The van der Waals surface area contributed by atoms with Crippen molar-refractivity contribution < 1.29 is 0 Å². The summed E-state index contributed by atoms with van der Waals surface area (Å²) in [6.45, 7) is 9.48. The molecule has 1 aliphatic rings. The van der Waals surface area contributed by atoms with Crippen molar-refractivity contribution in [2.45, 2.75) is 39.2 Å². The van der Waals surface area contributed by atoms with Gasteiger partial charge in [0.2, 0.25) is 0 Å². The summed E-state index contributed by atoms with van der Waals surface area (Å²) in [5.74, 6) is 2.57. The molecule has 0 aromatic heterocycles. The summed E-state index contributed by atoms with van der Waals surface area (Å²) in [7, 11) is 0. The zero-order chi connectivity index (χ0) is 10.9. The Balaban J connectivity index is 2.00. The van der Waals surface area contributed by atoms with Crippen LogP contribution in [0, 0.1) is 0 Å². The largest absolute Gasteiger partial charge is 0.313 e. The van der Waals surface area contributed by atoms with Crippen molar-refractivity contribution in [3.8, 4) is 0 Å². The summed E-state index contributed by atoms with van der Waals surface area (Å²) in [6.07, 6.45) is 4.06. The van der Waals surface area contributed by atoms with E-state index < -0.39 is 0 Å². The summed E-state index contributed by atoms with van der Waals surface area (Å²) in [6, 6.07) is 0.755. The molecule has 1 saturated heterocycles. The van der Waals surface area contributed by atoms with Crippen LogP contribution in [0.1, 0.15) is 33.1 Å². The van der Waals surface area contributed by atoms with Crippen LogP contribution in [0.25, 0.3) is 0 Å². The van der Waals surface area contributed by atoms with Crippen LogP contribution < -0.4 is 5.32 Å². The first kappa shape index (κ1) is 13.3. The van der Waals surface area contributed by atoms with Crippen LogP contribution in [-0.4, -0.2) is 48.6 Å². The summed E-state index contributed by atoms with van der Waals surface area (Å²) in [5.41, 5.74) is 0. The van der Waals surface area contributed by atoms with Gasteiger partial charge in [0, 0.05) is 12.6 Å². The van der Waals surface area contributed by atoms with Gasteiger partial charge in [-0.25, -0.2) is 0 Å². The molecule has 1 fully saturated rings. The normalized spacial score (nSPS) is 23.2. The summed E-state index contributed by atoms with van der Waals surface area (Å²) >= 11 is 2.05. The van der Waals surface area contributed by atoms with Gasteiger partial charge in [-0.2, -0.15) is 11.8 Å². The van der Waals surface area contributed by atoms with E-state index in [0.717, 1.165) is 6.04 Å². The van der Waals surface area contributed by atoms with Crippen molar-refractivity contribution in [2.24, 2.45) is 0 Å². The van der Waals surface area contributed by atoms with E-state index >= 15 is 0 Å². The minimum atomic E-state index is 0.755. The molecule has 1 atom stereocenters. The first-order chi connectivity index (χ1) is 7.36. The molecule has 1 heterocycles. The average Bonchev–Trinajstić information content (AvgIpc) is 2.29. The van der Waals surface area contributed by atoms with Crippen LogP contribution in [-0.2, 0) is 0 Å². The van der Waals surface area contributed by atoms with Gasteiger partial charge >= 0.3 is 0 Å². The Morgan fingerprint density at radius 3 is 3.00 bits per heavy atom. The van der Waals surface area contributed by atoms with Gasteiger partial charge in [0.05, 0.1) is 0 Å². The lowest BCUT2D eigenvalue weighted by Gasteiger charge is -2.32. The van der Waals surface area contributed by atoms with E-state index in [2.05, 4.69) is 24.1 Å². The Morgan fingerprint density at radius 1 is 1.40 bits per heavy atom. The Hall–Kier alpha value is 0.270. The lowest BCUT2D eigenvalue weighted by molar-refractivity contribution is 0.199. The molecule has 1 unspecified atom stereocenters. The van der Waals surface area contributed by atoms with E-state index in [-0.39, 0.29) is 0 Å². The second-order valence-electron chi connectivity index (χ2n) is 4.24. The molecule has 0 saturated carbocycles. The monoisotopic (exact) mass is 230 g/mol. The molecule has 0 spiro atoms. The van der Waals surface area contributed by atoms with Crippen LogP contribution in [0.3, 0.4) is 0 Å². The fourth-order valence-electron chi connectivity index (χ4n) is 2.13. The summed E-state index contributed by atoms with van der Waals surface area (Å²) in [4.78, 5) is 2.56. The van der Waals surface area contributed by atoms with Gasteiger partial charge in [0.1, 0.15) is 0 Å². The SMILES string of the molecule is CCSCCCNC1CCCN(CC)C1. The highest BCUT2D eigenvalue weighted by Crippen LogP contribution is 2.09. The molecule has 1 rings (SSSR count). The third-order valence-corrected chi connectivity index (χ3v) is 4.04. The predicted molar refractivity (Wildman–Crippen MR) is 70.8 cm³/mol. The number of nitrogens with zero attached hydrogens (tertiary/aromatic N) is 1. The van der Waals surface area contributed by atoms with Crippen LogP contribution in [0.2, 0.25) is 0 Å². The minimum absolute atomic E-state index is 0.755. The van der Waals surface area contributed by atoms with Gasteiger partial charge in [-0.1, -0.05) is 13.8 Å². The van der Waals surface area contributed by atoms with Crippen LogP contribution in [0.4, 0.5) is 0 Å². The van der Waals surface area contributed by atoms with Gasteiger partial charge < -0.3 is 10.2 Å². The molecular formula is C12H26N2S. The number of rotatable bonds is 7. The van der Waals surface area contributed by atoms with E-state index in [9.17, 15) is 0 Å². The molecule has 0 bridgehead atoms. The van der Waals surface area contributed by atoms with Gasteiger partial charge in [-0.05, 0) is 50.4 Å². The highest BCUT2D eigenvalue weighted by atomic mass is 32.2. The van der Waals surface area contributed by atoms with Crippen molar-refractivity contribution >= 4 is 11.8 Å². The fraction of sp³-hybridized carbons (Fsp3) is 1.00. The highest BCUT2D eigenvalue weighted by Gasteiger charge is 2.17. The van der Waals surface area contributed by atoms with Gasteiger partial charge in [0.15, 0.2) is 0 Å². The van der Waals surface area contributed by atoms with E-state index in [0.29, 0.717) is 0 Å². The van der Waals surface area contributed by atoms with Crippen molar-refractivity contribution in [1.82, 2.24) is 10.2 Å². The maximum absolute atomic E-state index is 3.69. The molecule has 1 N–H and O–H groups in total. The van der Waals surface area contributed by atoms with Crippen molar-refractivity contribution in [2.75, 3.05) is 37.7 Å². The predicted octanol–water partition coefficient (Wildman–Crippen LogP) is 2.20. The lowest BCUT2D eigenvalue weighted by atomic mass is 10.1. The summed E-state index contributed by atoms with van der Waals surface area (Å²) in [5, 5.41) is 3.69. The first-order valence-electron chi connectivity index (χ1n) is 6.40. The molecule has 0 aliphatic carbocycles.